The van der Waals surface area contributed by atoms with Crippen molar-refractivity contribution in [2.24, 2.45) is 5.41 Å². The van der Waals surface area contributed by atoms with Gasteiger partial charge in [0.1, 0.15) is 12.6 Å². The molecule has 13 heteroatoms. The number of carbonyl (C=O) groups excluding carboxylic acids is 1. The van der Waals surface area contributed by atoms with Crippen LogP contribution in [0.4, 0.5) is 0 Å². The van der Waals surface area contributed by atoms with Gasteiger partial charge in [-0.25, -0.2) is 14.5 Å². The molecule has 2 N–H and O–H groups in total. The summed E-state index contributed by atoms with van der Waals surface area (Å²) in [5.41, 5.74) is -0.759. The monoisotopic (exact) mass is 430 g/mol. The second kappa shape index (κ2) is 7.96. The summed E-state index contributed by atoms with van der Waals surface area (Å²) in [4.78, 5) is 50.4. The number of nitrogens with zero attached hydrogens (tertiary/aromatic N) is 4. The first-order valence-electron chi connectivity index (χ1n) is 8.90. The van der Waals surface area contributed by atoms with E-state index < -0.39 is 37.1 Å². The minimum Gasteiger partial charge on any atom is -0.443 e. The quantitative estimate of drug-likeness (QED) is 0.499. The van der Waals surface area contributed by atoms with Crippen molar-refractivity contribution in [1.82, 2.24) is 19.1 Å². The number of phosphoric acid groups is 1. The number of phosphoric ester groups is 1. The maximum atomic E-state index is 12.6. The number of imidazole rings is 1. The highest BCUT2D eigenvalue weighted by Crippen LogP contribution is 2.38. The minimum atomic E-state index is -4.57. The number of rotatable bonds is 6. The molecule has 2 aromatic rings. The van der Waals surface area contributed by atoms with Gasteiger partial charge in [-0.2, -0.15) is 0 Å². The molecule has 3 heterocycles. The summed E-state index contributed by atoms with van der Waals surface area (Å²) >= 11 is 0. The van der Waals surface area contributed by atoms with Crippen molar-refractivity contribution in [3.05, 3.63) is 23.0 Å². The molecule has 29 heavy (non-hydrogen) atoms. The molecule has 2 unspecified atom stereocenters. The third-order valence-corrected chi connectivity index (χ3v) is 4.81. The van der Waals surface area contributed by atoms with E-state index in [1.165, 1.54) is 12.7 Å². The van der Waals surface area contributed by atoms with E-state index in [0.717, 1.165) is 4.57 Å². The molecular weight excluding hydrogens is 407 g/mol. The summed E-state index contributed by atoms with van der Waals surface area (Å²) in [5.74, 6) is -0.446. The number of fused-ring (bicyclic) bond motifs is 1. The number of carbonyl (C=O) groups is 1. The van der Waals surface area contributed by atoms with E-state index in [-0.39, 0.29) is 18.9 Å². The fraction of sp³-hybridized carbons (Fsp3) is 0.625. The lowest BCUT2D eigenvalue weighted by atomic mass is 9.98. The summed E-state index contributed by atoms with van der Waals surface area (Å²) in [6.45, 7) is 4.61. The summed E-state index contributed by atoms with van der Waals surface area (Å²) < 4.78 is 28.9. The fourth-order valence-corrected chi connectivity index (χ4v) is 3.15. The van der Waals surface area contributed by atoms with Gasteiger partial charge in [-0.3, -0.25) is 23.2 Å². The highest BCUT2D eigenvalue weighted by molar-refractivity contribution is 7.46. The van der Waals surface area contributed by atoms with Crippen LogP contribution in [0.5, 0.6) is 0 Å². The Morgan fingerprint density at radius 3 is 2.69 bits per heavy atom. The first kappa shape index (κ1) is 21.6. The van der Waals surface area contributed by atoms with Crippen LogP contribution in [0.25, 0.3) is 11.2 Å². The number of hydrogen-bond acceptors (Lipinski definition) is 8. The largest absolute Gasteiger partial charge is 0.469 e. The molecule has 0 radical (unpaired) electrons. The topological polar surface area (TPSA) is 155 Å². The van der Waals surface area contributed by atoms with Crippen LogP contribution in [0.1, 0.15) is 39.8 Å². The van der Waals surface area contributed by atoms with Gasteiger partial charge in [0, 0.05) is 0 Å². The predicted octanol–water partition coefficient (Wildman–Crippen LogP) is 0.927. The van der Waals surface area contributed by atoms with Crippen molar-refractivity contribution in [2.75, 3.05) is 6.61 Å². The zero-order chi connectivity index (χ0) is 21.4. The van der Waals surface area contributed by atoms with Crippen molar-refractivity contribution >= 4 is 25.0 Å². The fourth-order valence-electron chi connectivity index (χ4n) is 2.79. The second-order valence-corrected chi connectivity index (χ2v) is 8.97. The van der Waals surface area contributed by atoms with Gasteiger partial charge in [0.2, 0.25) is 0 Å². The predicted molar refractivity (Wildman–Crippen MR) is 98.5 cm³/mol. The molecular formula is C16H23N4O8P. The first-order chi connectivity index (χ1) is 13.5. The normalized spacial score (nSPS) is 20.3. The summed E-state index contributed by atoms with van der Waals surface area (Å²) in [6.07, 6.45) is 2.75. The van der Waals surface area contributed by atoms with Gasteiger partial charge in [-0.05, 0) is 33.6 Å². The number of esters is 1. The molecule has 0 amide bonds. The molecule has 160 valence electrons. The Labute approximate surface area is 165 Å². The Balaban J connectivity index is 1.72. The van der Waals surface area contributed by atoms with Gasteiger partial charge in [-0.1, -0.05) is 0 Å². The summed E-state index contributed by atoms with van der Waals surface area (Å²) in [6, 6.07) is 0. The van der Waals surface area contributed by atoms with Crippen molar-refractivity contribution in [3.63, 3.8) is 0 Å². The number of aromatic nitrogens is 4. The molecule has 1 aliphatic rings. The second-order valence-electron chi connectivity index (χ2n) is 7.73. The molecule has 12 nitrogen and oxygen atoms in total. The van der Waals surface area contributed by atoms with Crippen LogP contribution in [0.2, 0.25) is 0 Å². The van der Waals surface area contributed by atoms with Crippen molar-refractivity contribution in [1.29, 1.82) is 0 Å². The molecule has 1 aliphatic heterocycles. The maximum absolute atomic E-state index is 12.6. The van der Waals surface area contributed by atoms with Crippen LogP contribution in [-0.4, -0.2) is 47.6 Å². The van der Waals surface area contributed by atoms with Crippen LogP contribution in [-0.2, 0) is 30.1 Å². The van der Waals surface area contributed by atoms with Gasteiger partial charge in [0.15, 0.2) is 17.9 Å². The smallest absolute Gasteiger partial charge is 0.443 e. The minimum absolute atomic E-state index is 0.0952. The Morgan fingerprint density at radius 2 is 2.03 bits per heavy atom. The molecule has 0 saturated carbocycles. The average molecular weight is 430 g/mol. The summed E-state index contributed by atoms with van der Waals surface area (Å²) in [5, 5.41) is 0. The van der Waals surface area contributed by atoms with E-state index in [2.05, 4.69) is 14.5 Å². The highest BCUT2D eigenvalue weighted by Gasteiger charge is 2.30. The molecule has 0 spiro atoms. The molecule has 0 aliphatic carbocycles. The van der Waals surface area contributed by atoms with E-state index in [9.17, 15) is 14.2 Å². The van der Waals surface area contributed by atoms with Crippen molar-refractivity contribution in [3.8, 4) is 0 Å². The van der Waals surface area contributed by atoms with Gasteiger partial charge in [0.05, 0.1) is 24.5 Å². The van der Waals surface area contributed by atoms with E-state index in [4.69, 9.17) is 19.3 Å². The lowest BCUT2D eigenvalue weighted by Crippen LogP contribution is -2.28. The van der Waals surface area contributed by atoms with E-state index >= 15 is 0 Å². The number of ether oxygens (including phenoxy) is 2. The molecule has 0 bridgehead atoms. The Morgan fingerprint density at radius 1 is 1.31 bits per heavy atom. The average Bonchev–Trinajstić information content (AvgIpc) is 3.24. The molecule has 3 rings (SSSR count). The zero-order valence-corrected chi connectivity index (χ0v) is 17.1. The van der Waals surface area contributed by atoms with E-state index in [1.54, 1.807) is 25.3 Å². The standard InChI is InChI=1S/C16H23N4O8P/c1-16(2,3)15(22)26-9-19-7-18-13-12(14(19)21)17-8-20(13)11-5-4-10(28-11)6-27-29(23,24)25/h7-8,10-11H,4-6,9H2,1-3H3,(H2,23,24,25). The van der Waals surface area contributed by atoms with Gasteiger partial charge >= 0.3 is 13.8 Å². The van der Waals surface area contributed by atoms with Gasteiger partial charge in [0.25, 0.3) is 5.56 Å². The lowest BCUT2D eigenvalue weighted by Gasteiger charge is -2.17. The molecule has 2 atom stereocenters. The Hall–Kier alpha value is -2.11. The Kier molecular flexibility index (Phi) is 5.93. The van der Waals surface area contributed by atoms with Gasteiger partial charge in [-0.15, -0.1) is 0 Å². The molecule has 0 aromatic carbocycles. The van der Waals surface area contributed by atoms with Crippen LogP contribution in [0.3, 0.4) is 0 Å². The highest BCUT2D eigenvalue weighted by atomic mass is 31.2. The van der Waals surface area contributed by atoms with Crippen LogP contribution < -0.4 is 5.56 Å². The van der Waals surface area contributed by atoms with E-state index in [1.807, 2.05) is 0 Å². The van der Waals surface area contributed by atoms with Crippen molar-refractivity contribution in [2.45, 2.75) is 52.7 Å². The van der Waals surface area contributed by atoms with E-state index in [0.29, 0.717) is 18.5 Å². The Bertz CT molecular complexity index is 1000. The number of hydrogen-bond donors (Lipinski definition) is 2. The summed E-state index contributed by atoms with van der Waals surface area (Å²) in [7, 11) is -4.57. The maximum Gasteiger partial charge on any atom is 0.469 e. The molecule has 2 aromatic heterocycles. The van der Waals surface area contributed by atoms with Crippen molar-refractivity contribution < 1.29 is 33.1 Å². The third-order valence-electron chi connectivity index (χ3n) is 4.32. The third kappa shape index (κ3) is 5.09. The zero-order valence-electron chi connectivity index (χ0n) is 16.2. The van der Waals surface area contributed by atoms with Crippen LogP contribution in [0, 0.1) is 5.41 Å². The molecule has 1 saturated heterocycles. The van der Waals surface area contributed by atoms with Crippen LogP contribution in [0.15, 0.2) is 17.4 Å². The van der Waals surface area contributed by atoms with Crippen LogP contribution >= 0.6 is 7.82 Å². The lowest BCUT2D eigenvalue weighted by molar-refractivity contribution is -0.157. The van der Waals surface area contributed by atoms with Gasteiger partial charge < -0.3 is 19.3 Å². The molecule has 1 fully saturated rings. The first-order valence-corrected chi connectivity index (χ1v) is 10.4. The SMILES string of the molecule is CC(C)(C)C(=O)OCn1cnc2c(ncn2C2CCC(COP(=O)(O)O)O2)c1=O.